The highest BCUT2D eigenvalue weighted by molar-refractivity contribution is 7.89. The second-order valence-corrected chi connectivity index (χ2v) is 21.9. The highest BCUT2D eigenvalue weighted by Gasteiger charge is 2.51. The molecule has 0 radical (unpaired) electrons. The molecule has 1 saturated carbocycles. The third-order valence-electron chi connectivity index (χ3n) is 12.0. The van der Waals surface area contributed by atoms with Crippen LogP contribution in [0.3, 0.4) is 0 Å². The average Bonchev–Trinajstić information content (AvgIpc) is 3.85. The molecule has 0 aromatic heterocycles. The summed E-state index contributed by atoms with van der Waals surface area (Å²) in [5.74, 6) is -4.29. The molecule has 7 amide bonds. The number of primary amides is 1. The number of unbranched alkanes of at least 4 members (excludes halogenated alkanes) is 2. The lowest BCUT2D eigenvalue weighted by Crippen LogP contribution is -2.59. The van der Waals surface area contributed by atoms with E-state index in [1.807, 2.05) is 27.7 Å². The monoisotopic (exact) mass is 1080 g/mol. The van der Waals surface area contributed by atoms with Crippen LogP contribution in [-0.4, -0.2) is 142 Å². The van der Waals surface area contributed by atoms with Crippen LogP contribution in [-0.2, 0) is 53.1 Å². The molecular formula is C49H75ClFN9O13S. The molecule has 25 heteroatoms. The third-order valence-corrected chi connectivity index (χ3v) is 14.3. The number of amides is 7. The molecule has 11 N–H and O–H groups in total. The molecule has 0 spiro atoms. The minimum Gasteiger partial charge on any atom is -0.457 e. The Morgan fingerprint density at radius 2 is 1.31 bits per heavy atom. The van der Waals surface area contributed by atoms with Crippen LogP contribution in [0.2, 0.25) is 0 Å². The second kappa shape index (κ2) is 30.8. The number of alkyl halides is 1. The number of nitrogens with one attached hydrogen (secondary N) is 6. The fraction of sp³-hybridized carbons (Fsp3) is 0.612. The van der Waals surface area contributed by atoms with Crippen molar-refractivity contribution in [3.05, 3.63) is 54.3 Å². The molecule has 0 unspecified atom stereocenters. The molecule has 2 aromatic rings. The van der Waals surface area contributed by atoms with Crippen LogP contribution in [0.1, 0.15) is 98.3 Å². The van der Waals surface area contributed by atoms with Crippen LogP contribution in [0, 0.1) is 16.6 Å². The molecule has 1 aliphatic carbocycles. The van der Waals surface area contributed by atoms with Crippen molar-refractivity contribution in [2.45, 2.75) is 121 Å². The Hall–Kier alpha value is -5.50. The molecule has 3 rings (SSSR count). The average molecular weight is 1080 g/mol. The first-order chi connectivity index (χ1) is 35.0. The van der Waals surface area contributed by atoms with Gasteiger partial charge in [0.15, 0.2) is 0 Å². The van der Waals surface area contributed by atoms with E-state index < -0.39 is 106 Å². The van der Waals surface area contributed by atoms with Crippen molar-refractivity contribution in [3.63, 3.8) is 0 Å². The molecule has 2 atom stereocenters. The van der Waals surface area contributed by atoms with E-state index in [-0.39, 0.29) is 74.4 Å². The Kier molecular flexibility index (Phi) is 26.1. The first kappa shape index (κ1) is 62.8. The summed E-state index contributed by atoms with van der Waals surface area (Å²) in [6, 6.07) is 8.64. The van der Waals surface area contributed by atoms with E-state index >= 15 is 0 Å². The molecule has 0 heterocycles. The number of ether oxygens (including phenoxy) is 3. The van der Waals surface area contributed by atoms with Crippen molar-refractivity contribution in [1.29, 1.82) is 0 Å². The van der Waals surface area contributed by atoms with E-state index in [4.69, 9.17) is 37.3 Å². The molecule has 22 nitrogen and oxygen atoms in total. The first-order valence-electron chi connectivity index (χ1n) is 24.6. The largest absolute Gasteiger partial charge is 0.457 e. The van der Waals surface area contributed by atoms with Gasteiger partial charge in [0, 0.05) is 43.4 Å². The number of carbonyl (C=O) groups excluding carboxylic acids is 7. The van der Waals surface area contributed by atoms with Crippen LogP contribution >= 0.6 is 11.6 Å². The number of nitrogens with two attached hydrogens (primary N) is 2. The van der Waals surface area contributed by atoms with E-state index in [1.165, 1.54) is 48.5 Å². The Bertz CT molecular complexity index is 2270. The summed E-state index contributed by atoms with van der Waals surface area (Å²) in [5.41, 5.74) is 9.90. The normalized spacial score (nSPS) is 14.3. The summed E-state index contributed by atoms with van der Waals surface area (Å²) in [6.45, 7) is 7.56. The number of sulfonamides is 1. The minimum atomic E-state index is -4.50. The van der Waals surface area contributed by atoms with Gasteiger partial charge in [-0.05, 0) is 106 Å². The van der Waals surface area contributed by atoms with E-state index in [2.05, 4.69) is 26.6 Å². The molecule has 0 aliphatic heterocycles. The maximum Gasteiger partial charge on any atom is 0.264 e. The van der Waals surface area contributed by atoms with E-state index in [1.54, 1.807) is 5.48 Å². The van der Waals surface area contributed by atoms with Crippen molar-refractivity contribution >= 4 is 63.0 Å². The number of hydrogen-bond acceptors (Lipinski definition) is 14. The summed E-state index contributed by atoms with van der Waals surface area (Å²) >= 11 is 5.44. The van der Waals surface area contributed by atoms with Crippen LogP contribution in [0.25, 0.3) is 0 Å². The van der Waals surface area contributed by atoms with Crippen molar-refractivity contribution < 1.29 is 65.8 Å². The zero-order chi connectivity index (χ0) is 55.0. The van der Waals surface area contributed by atoms with Gasteiger partial charge >= 0.3 is 0 Å². The maximum absolute atomic E-state index is 14.4. The quantitative estimate of drug-likeness (QED) is 0.0207. The number of benzene rings is 2. The molecule has 414 valence electrons. The highest BCUT2D eigenvalue weighted by Crippen LogP contribution is 2.39. The zero-order valence-electron chi connectivity index (χ0n) is 42.7. The van der Waals surface area contributed by atoms with Gasteiger partial charge in [-0.15, -0.1) is 11.6 Å². The molecular weight excluding hydrogens is 1010 g/mol. The molecule has 74 heavy (non-hydrogen) atoms. The van der Waals surface area contributed by atoms with Gasteiger partial charge in [-0.25, -0.2) is 18.3 Å². The molecule has 1 fully saturated rings. The smallest absolute Gasteiger partial charge is 0.264 e. The maximum atomic E-state index is 14.4. The van der Waals surface area contributed by atoms with Gasteiger partial charge in [-0.1, -0.05) is 40.5 Å². The summed E-state index contributed by atoms with van der Waals surface area (Å²) in [4.78, 5) is 88.4. The number of nitrogens with zero attached hydrogens (tertiary/aromatic N) is 1. The highest BCUT2D eigenvalue weighted by atomic mass is 35.5. The van der Waals surface area contributed by atoms with E-state index in [0.717, 1.165) is 4.31 Å². The van der Waals surface area contributed by atoms with Crippen molar-refractivity contribution in [2.24, 2.45) is 22.3 Å². The fourth-order valence-corrected chi connectivity index (χ4v) is 9.83. The molecule has 2 aromatic carbocycles. The van der Waals surface area contributed by atoms with Gasteiger partial charge in [-0.3, -0.25) is 38.8 Å². The van der Waals surface area contributed by atoms with Gasteiger partial charge in [0.25, 0.3) is 5.91 Å². The lowest BCUT2D eigenvalue weighted by molar-refractivity contribution is -0.139. The number of hydroxylamine groups is 1. The fourth-order valence-electron chi connectivity index (χ4n) is 7.95. The van der Waals surface area contributed by atoms with Crippen molar-refractivity contribution in [2.75, 3.05) is 65.0 Å². The van der Waals surface area contributed by atoms with Gasteiger partial charge in [-0.2, -0.15) is 4.31 Å². The second-order valence-electron chi connectivity index (χ2n) is 19.7. The van der Waals surface area contributed by atoms with Gasteiger partial charge in [0.2, 0.25) is 45.5 Å². The SMILES string of the molecule is CC(C)(CNC(=O)COCC(=O)N[C@@H](CCCCNC(=O)CCl)C(N)=O)COCC(C)(C)CNC(=O)[C@H](CCCCN)NC(=O)CCN(C1(C(=O)NO)CCCC1)S(=O)(=O)c1ccc(Oc2ccc(F)cc2)cc1. The lowest BCUT2D eigenvalue weighted by atomic mass is 9.93. The number of carbonyl (C=O) groups is 7. The van der Waals surface area contributed by atoms with Crippen LogP contribution in [0.5, 0.6) is 11.5 Å². The third kappa shape index (κ3) is 21.4. The van der Waals surface area contributed by atoms with Crippen molar-refractivity contribution in [1.82, 2.24) is 36.4 Å². The van der Waals surface area contributed by atoms with Crippen LogP contribution < -0.4 is 48.3 Å². The first-order valence-corrected chi connectivity index (χ1v) is 26.6. The van der Waals surface area contributed by atoms with Crippen LogP contribution in [0.15, 0.2) is 53.4 Å². The number of hydrogen-bond donors (Lipinski definition) is 9. The molecule has 1 aliphatic rings. The topological polar surface area (TPSA) is 329 Å². The summed E-state index contributed by atoms with van der Waals surface area (Å²) < 4.78 is 60.1. The van der Waals surface area contributed by atoms with Gasteiger partial charge < -0.3 is 52.3 Å². The summed E-state index contributed by atoms with van der Waals surface area (Å²) in [6.07, 6.45) is 3.24. The van der Waals surface area contributed by atoms with Gasteiger partial charge in [0.05, 0.1) is 18.1 Å². The predicted molar refractivity (Wildman–Crippen MR) is 271 cm³/mol. The zero-order valence-corrected chi connectivity index (χ0v) is 44.3. The standard InChI is InChI=1S/C49H75ClFN9O13S/c1-47(2,30-55-42(63)28-71-29-43(64)57-38(44(53)65)11-6-10-25-54-41(62)27-50)32-72-33-48(3,4)31-56-45(66)39(12-5-9-24-52)58-40(61)21-26-60(49(46(67)59-68)22-7-8-23-49)74(69,70)37-19-17-36(18-20-37)73-35-15-13-34(51)14-16-35/h13-20,38-39,68H,5-12,21-33,52H2,1-4H3,(H2,53,65)(H,54,62)(H,55,63)(H,56,66)(H,57,64)(H,58,61)(H,59,67)/t38-,39-/m0/s1. The Morgan fingerprint density at radius 1 is 0.757 bits per heavy atom. The van der Waals surface area contributed by atoms with E-state index in [0.29, 0.717) is 57.4 Å². The molecule has 0 bridgehead atoms. The Balaban J connectivity index is 1.52. The lowest BCUT2D eigenvalue weighted by Gasteiger charge is -2.38. The Morgan fingerprint density at radius 3 is 1.89 bits per heavy atom. The Labute approximate surface area is 437 Å². The number of halogens is 2. The predicted octanol–water partition coefficient (Wildman–Crippen LogP) is 2.24. The van der Waals surface area contributed by atoms with Crippen LogP contribution in [0.4, 0.5) is 4.39 Å². The summed E-state index contributed by atoms with van der Waals surface area (Å²) in [7, 11) is -4.50. The minimum absolute atomic E-state index is 0.0786. The van der Waals surface area contributed by atoms with E-state index in [9.17, 15) is 51.6 Å². The van der Waals surface area contributed by atoms with Gasteiger partial charge in [0.1, 0.15) is 54.0 Å². The summed E-state index contributed by atoms with van der Waals surface area (Å²) in [5, 5.41) is 23.3. The van der Waals surface area contributed by atoms with Crippen molar-refractivity contribution in [3.8, 4) is 11.5 Å². The molecule has 0 saturated heterocycles. The number of rotatable bonds is 35.